The molecule has 0 fully saturated rings. The molecule has 0 saturated heterocycles. The van der Waals surface area contributed by atoms with Crippen LogP contribution in [0.25, 0.3) is 0 Å². The quantitative estimate of drug-likeness (QED) is 0.870. The average Bonchev–Trinajstić information content (AvgIpc) is 2.74. The SMILES string of the molecule is CC(C)Oc1ccc(NCc2csc(N)n2)cc1. The van der Waals surface area contributed by atoms with Crippen molar-refractivity contribution in [1.82, 2.24) is 4.98 Å². The lowest BCUT2D eigenvalue weighted by molar-refractivity contribution is 0.242. The fraction of sp³-hybridized carbons (Fsp3) is 0.308. The van der Waals surface area contributed by atoms with Gasteiger partial charge in [0, 0.05) is 11.1 Å². The third kappa shape index (κ3) is 3.63. The lowest BCUT2D eigenvalue weighted by Gasteiger charge is -2.10. The minimum atomic E-state index is 0.196. The molecule has 0 aliphatic rings. The topological polar surface area (TPSA) is 60.2 Å². The van der Waals surface area contributed by atoms with Crippen LogP contribution in [0.1, 0.15) is 19.5 Å². The maximum absolute atomic E-state index is 5.58. The first-order chi connectivity index (χ1) is 8.63. The van der Waals surface area contributed by atoms with E-state index >= 15 is 0 Å². The minimum Gasteiger partial charge on any atom is -0.491 e. The van der Waals surface area contributed by atoms with Crippen molar-refractivity contribution in [2.75, 3.05) is 11.1 Å². The van der Waals surface area contributed by atoms with Gasteiger partial charge in [0.2, 0.25) is 0 Å². The van der Waals surface area contributed by atoms with Crippen LogP contribution in [0, 0.1) is 0 Å². The fourth-order valence-electron chi connectivity index (χ4n) is 1.52. The van der Waals surface area contributed by atoms with Gasteiger partial charge in [-0.05, 0) is 38.1 Å². The van der Waals surface area contributed by atoms with Crippen molar-refractivity contribution in [3.63, 3.8) is 0 Å². The van der Waals surface area contributed by atoms with Crippen LogP contribution in [0.2, 0.25) is 0 Å². The highest BCUT2D eigenvalue weighted by Gasteiger charge is 2.00. The molecule has 0 spiro atoms. The molecule has 3 N–H and O–H groups in total. The molecule has 96 valence electrons. The van der Waals surface area contributed by atoms with E-state index in [9.17, 15) is 0 Å². The molecule has 1 aromatic carbocycles. The summed E-state index contributed by atoms with van der Waals surface area (Å²) in [6, 6.07) is 7.90. The second-order valence-electron chi connectivity index (χ2n) is 4.22. The van der Waals surface area contributed by atoms with E-state index in [4.69, 9.17) is 10.5 Å². The first kappa shape index (κ1) is 12.7. The van der Waals surface area contributed by atoms with E-state index in [0.29, 0.717) is 11.7 Å². The summed E-state index contributed by atoms with van der Waals surface area (Å²) in [7, 11) is 0. The number of anilines is 2. The summed E-state index contributed by atoms with van der Waals surface area (Å²) in [6.07, 6.45) is 0.196. The van der Waals surface area contributed by atoms with Gasteiger partial charge >= 0.3 is 0 Å². The fourth-order valence-corrected chi connectivity index (χ4v) is 2.08. The van der Waals surface area contributed by atoms with Crippen LogP contribution in [-0.4, -0.2) is 11.1 Å². The van der Waals surface area contributed by atoms with E-state index in [1.54, 1.807) is 0 Å². The van der Waals surface area contributed by atoms with Crippen LogP contribution in [0.5, 0.6) is 5.75 Å². The van der Waals surface area contributed by atoms with Crippen molar-refractivity contribution >= 4 is 22.2 Å². The number of benzene rings is 1. The maximum Gasteiger partial charge on any atom is 0.180 e. The van der Waals surface area contributed by atoms with E-state index < -0.39 is 0 Å². The normalized spacial score (nSPS) is 10.6. The first-order valence-corrected chi connectivity index (χ1v) is 6.72. The van der Waals surface area contributed by atoms with E-state index in [-0.39, 0.29) is 6.10 Å². The Morgan fingerprint density at radius 3 is 2.61 bits per heavy atom. The summed E-state index contributed by atoms with van der Waals surface area (Å²) in [6.45, 7) is 4.70. The van der Waals surface area contributed by atoms with Gasteiger partial charge in [0.1, 0.15) is 5.75 Å². The number of hydrogen-bond acceptors (Lipinski definition) is 5. The molecule has 2 rings (SSSR count). The van der Waals surface area contributed by atoms with Gasteiger partial charge in [-0.15, -0.1) is 11.3 Å². The number of aromatic nitrogens is 1. The zero-order valence-corrected chi connectivity index (χ0v) is 11.3. The molecular formula is C13H17N3OS. The molecule has 0 aliphatic carbocycles. The maximum atomic E-state index is 5.58. The summed E-state index contributed by atoms with van der Waals surface area (Å²) in [4.78, 5) is 4.19. The first-order valence-electron chi connectivity index (χ1n) is 5.84. The minimum absolute atomic E-state index is 0.196. The van der Waals surface area contributed by atoms with Gasteiger partial charge in [-0.1, -0.05) is 0 Å². The molecule has 4 nitrogen and oxygen atoms in total. The number of rotatable bonds is 5. The smallest absolute Gasteiger partial charge is 0.180 e. The van der Waals surface area contributed by atoms with Crippen molar-refractivity contribution in [3.8, 4) is 5.75 Å². The Morgan fingerprint density at radius 1 is 1.33 bits per heavy atom. The largest absolute Gasteiger partial charge is 0.491 e. The Morgan fingerprint density at radius 2 is 2.06 bits per heavy atom. The summed E-state index contributed by atoms with van der Waals surface area (Å²) in [5.74, 6) is 0.883. The number of ether oxygens (including phenoxy) is 1. The van der Waals surface area contributed by atoms with Crippen molar-refractivity contribution in [3.05, 3.63) is 35.3 Å². The Labute approximate surface area is 111 Å². The molecule has 5 heteroatoms. The van der Waals surface area contributed by atoms with E-state index in [1.807, 2.05) is 43.5 Å². The average molecular weight is 263 g/mol. The molecule has 0 unspecified atom stereocenters. The molecule has 0 bridgehead atoms. The number of nitrogens with one attached hydrogen (secondary N) is 1. The Kier molecular flexibility index (Phi) is 4.04. The number of nitrogen functional groups attached to an aromatic ring is 1. The van der Waals surface area contributed by atoms with Crippen LogP contribution in [0.15, 0.2) is 29.6 Å². The molecule has 2 aromatic rings. The van der Waals surface area contributed by atoms with Crippen LogP contribution in [0.3, 0.4) is 0 Å². The third-order valence-electron chi connectivity index (χ3n) is 2.27. The number of thiazole rings is 1. The van der Waals surface area contributed by atoms with Crippen molar-refractivity contribution in [2.45, 2.75) is 26.5 Å². The molecule has 1 aromatic heterocycles. The van der Waals surface area contributed by atoms with Gasteiger partial charge in [-0.3, -0.25) is 0 Å². The van der Waals surface area contributed by atoms with Crippen molar-refractivity contribution in [1.29, 1.82) is 0 Å². The Balaban J connectivity index is 1.90. The second kappa shape index (κ2) is 5.73. The van der Waals surface area contributed by atoms with Gasteiger partial charge in [0.15, 0.2) is 5.13 Å². The van der Waals surface area contributed by atoms with Gasteiger partial charge in [-0.2, -0.15) is 0 Å². The van der Waals surface area contributed by atoms with Crippen LogP contribution in [0.4, 0.5) is 10.8 Å². The highest BCUT2D eigenvalue weighted by Crippen LogP contribution is 2.18. The summed E-state index contributed by atoms with van der Waals surface area (Å²) in [5.41, 5.74) is 7.57. The van der Waals surface area contributed by atoms with Crippen LogP contribution >= 0.6 is 11.3 Å². The van der Waals surface area contributed by atoms with E-state index in [2.05, 4.69) is 10.3 Å². The van der Waals surface area contributed by atoms with E-state index in [1.165, 1.54) is 11.3 Å². The molecular weight excluding hydrogens is 246 g/mol. The Bertz CT molecular complexity index is 493. The molecule has 1 heterocycles. The van der Waals surface area contributed by atoms with Crippen molar-refractivity contribution < 1.29 is 4.74 Å². The van der Waals surface area contributed by atoms with Gasteiger partial charge in [-0.25, -0.2) is 4.98 Å². The predicted octanol–water partition coefficient (Wildman–Crippen LogP) is 3.12. The standard InChI is InChI=1S/C13H17N3OS/c1-9(2)17-12-5-3-10(4-6-12)15-7-11-8-18-13(14)16-11/h3-6,8-9,15H,7H2,1-2H3,(H2,14,16). The lowest BCUT2D eigenvalue weighted by Crippen LogP contribution is -2.05. The molecule has 0 radical (unpaired) electrons. The van der Waals surface area contributed by atoms with Crippen molar-refractivity contribution in [2.24, 2.45) is 0 Å². The van der Waals surface area contributed by atoms with Crippen LogP contribution < -0.4 is 15.8 Å². The van der Waals surface area contributed by atoms with Crippen LogP contribution in [-0.2, 0) is 6.54 Å². The summed E-state index contributed by atoms with van der Waals surface area (Å²) < 4.78 is 5.58. The monoisotopic (exact) mass is 263 g/mol. The molecule has 0 aliphatic heterocycles. The van der Waals surface area contributed by atoms with Gasteiger partial charge in [0.25, 0.3) is 0 Å². The van der Waals surface area contributed by atoms with Gasteiger partial charge in [0.05, 0.1) is 18.3 Å². The predicted molar refractivity (Wildman–Crippen MR) is 76.1 cm³/mol. The zero-order valence-electron chi connectivity index (χ0n) is 10.5. The number of nitrogens with two attached hydrogens (primary N) is 1. The molecule has 0 saturated carbocycles. The molecule has 0 amide bonds. The molecule has 18 heavy (non-hydrogen) atoms. The summed E-state index contributed by atoms with van der Waals surface area (Å²) in [5, 5.41) is 5.85. The summed E-state index contributed by atoms with van der Waals surface area (Å²) >= 11 is 1.46. The highest BCUT2D eigenvalue weighted by molar-refractivity contribution is 7.13. The molecule has 0 atom stereocenters. The zero-order chi connectivity index (χ0) is 13.0. The van der Waals surface area contributed by atoms with Gasteiger partial charge < -0.3 is 15.8 Å². The lowest BCUT2D eigenvalue weighted by atomic mass is 10.3. The number of hydrogen-bond donors (Lipinski definition) is 2. The Hall–Kier alpha value is -1.75. The third-order valence-corrected chi connectivity index (χ3v) is 2.99. The highest BCUT2D eigenvalue weighted by atomic mass is 32.1. The number of nitrogens with zero attached hydrogens (tertiary/aromatic N) is 1. The second-order valence-corrected chi connectivity index (χ2v) is 5.11. The van der Waals surface area contributed by atoms with E-state index in [0.717, 1.165) is 17.1 Å².